The third kappa shape index (κ3) is 3.19. The minimum atomic E-state index is -1.01. The molecule has 112 valence electrons. The van der Waals surface area contributed by atoms with Gasteiger partial charge in [0.05, 0.1) is 11.6 Å². The van der Waals surface area contributed by atoms with E-state index < -0.39 is 18.0 Å². The molecule has 1 heterocycles. The fourth-order valence-electron chi connectivity index (χ4n) is 2.37. The van der Waals surface area contributed by atoms with E-state index in [2.05, 4.69) is 0 Å². The van der Waals surface area contributed by atoms with Gasteiger partial charge in [-0.25, -0.2) is 4.79 Å². The number of carbonyl (C=O) groups is 3. The van der Waals surface area contributed by atoms with E-state index in [1.807, 2.05) is 0 Å². The number of carboxylic acids is 2. The Hall–Kier alpha value is -2.41. The van der Waals surface area contributed by atoms with Crippen LogP contribution < -0.4 is 10.6 Å². The van der Waals surface area contributed by atoms with Crippen molar-refractivity contribution >= 4 is 23.5 Å². The van der Waals surface area contributed by atoms with Gasteiger partial charge < -0.3 is 20.8 Å². The molecule has 1 atom stereocenters. The predicted octanol–water partition coefficient (Wildman–Crippen LogP) is 0.466. The maximum atomic E-state index is 12.2. The zero-order valence-corrected chi connectivity index (χ0v) is 11.3. The number of nitrogens with zero attached hydrogens (tertiary/aromatic N) is 1. The first kappa shape index (κ1) is 15.0. The van der Waals surface area contributed by atoms with Crippen molar-refractivity contribution < 1.29 is 24.6 Å². The number of benzene rings is 1. The molecule has 0 aliphatic carbocycles. The third-order valence-corrected chi connectivity index (χ3v) is 3.47. The lowest BCUT2D eigenvalue weighted by atomic mass is 10.1. The largest absolute Gasteiger partial charge is 0.481 e. The van der Waals surface area contributed by atoms with Gasteiger partial charge in [-0.15, -0.1) is 0 Å². The predicted molar refractivity (Wildman–Crippen MR) is 74.3 cm³/mol. The van der Waals surface area contributed by atoms with Gasteiger partial charge in [-0.2, -0.15) is 0 Å². The lowest BCUT2D eigenvalue weighted by Crippen LogP contribution is -2.43. The molecule has 1 aromatic carbocycles. The maximum absolute atomic E-state index is 12.2. The van der Waals surface area contributed by atoms with E-state index in [0.717, 1.165) is 5.56 Å². The van der Waals surface area contributed by atoms with Crippen LogP contribution in [0.1, 0.15) is 28.8 Å². The Balaban J connectivity index is 2.13. The summed E-state index contributed by atoms with van der Waals surface area (Å²) in [6.45, 7) is 0.429. The van der Waals surface area contributed by atoms with Crippen molar-refractivity contribution in [3.63, 3.8) is 0 Å². The van der Waals surface area contributed by atoms with Crippen LogP contribution in [0.25, 0.3) is 0 Å². The van der Waals surface area contributed by atoms with E-state index in [4.69, 9.17) is 15.9 Å². The second-order valence-corrected chi connectivity index (χ2v) is 4.93. The topological polar surface area (TPSA) is 121 Å². The molecule has 0 radical (unpaired) electrons. The number of hydrogen-bond donors (Lipinski definition) is 3. The first-order chi connectivity index (χ1) is 9.90. The van der Waals surface area contributed by atoms with Crippen LogP contribution in [-0.2, 0) is 16.0 Å². The van der Waals surface area contributed by atoms with E-state index in [1.54, 1.807) is 12.1 Å². The van der Waals surface area contributed by atoms with Crippen LogP contribution in [0.5, 0.6) is 0 Å². The summed E-state index contributed by atoms with van der Waals surface area (Å²) < 4.78 is 0. The summed E-state index contributed by atoms with van der Waals surface area (Å²) in [5, 5.41) is 17.6. The highest BCUT2D eigenvalue weighted by Crippen LogP contribution is 2.29. The van der Waals surface area contributed by atoms with Gasteiger partial charge in [0.2, 0.25) is 5.91 Å². The lowest BCUT2D eigenvalue weighted by Gasteiger charge is -2.21. The molecule has 0 fully saturated rings. The number of aromatic carboxylic acids is 1. The third-order valence-electron chi connectivity index (χ3n) is 3.47. The number of anilines is 1. The van der Waals surface area contributed by atoms with Crippen LogP contribution in [0, 0.1) is 0 Å². The summed E-state index contributed by atoms with van der Waals surface area (Å²) in [7, 11) is 0. The molecule has 1 aromatic rings. The fraction of sp³-hybridized carbons (Fsp3) is 0.357. The Morgan fingerprint density at radius 2 is 2.00 bits per heavy atom. The number of hydrogen-bond acceptors (Lipinski definition) is 4. The zero-order chi connectivity index (χ0) is 15.6. The van der Waals surface area contributed by atoms with Crippen molar-refractivity contribution in [1.29, 1.82) is 0 Å². The molecule has 7 nitrogen and oxygen atoms in total. The smallest absolute Gasteiger partial charge is 0.335 e. The highest BCUT2D eigenvalue weighted by molar-refractivity contribution is 5.99. The minimum Gasteiger partial charge on any atom is -0.481 e. The minimum absolute atomic E-state index is 0.0766. The quantitative estimate of drug-likeness (QED) is 0.725. The molecule has 4 N–H and O–H groups in total. The molecule has 21 heavy (non-hydrogen) atoms. The fourth-order valence-corrected chi connectivity index (χ4v) is 2.37. The molecule has 0 saturated carbocycles. The molecule has 1 unspecified atom stereocenters. The molecule has 1 amide bonds. The molecular formula is C14H16N2O5. The monoisotopic (exact) mass is 292 g/mol. The summed E-state index contributed by atoms with van der Waals surface area (Å²) in [6.07, 6.45) is 0.479. The maximum Gasteiger partial charge on any atom is 0.335 e. The second-order valence-electron chi connectivity index (χ2n) is 4.93. The van der Waals surface area contributed by atoms with Gasteiger partial charge >= 0.3 is 11.9 Å². The van der Waals surface area contributed by atoms with Crippen molar-refractivity contribution in [2.75, 3.05) is 11.4 Å². The molecule has 7 heteroatoms. The number of aliphatic carboxylic acids is 1. The molecule has 1 aliphatic rings. The van der Waals surface area contributed by atoms with E-state index in [-0.39, 0.29) is 24.3 Å². The highest BCUT2D eigenvalue weighted by atomic mass is 16.4. The van der Waals surface area contributed by atoms with Crippen LogP contribution in [-0.4, -0.2) is 40.6 Å². The van der Waals surface area contributed by atoms with Gasteiger partial charge in [-0.1, -0.05) is 0 Å². The molecule has 0 aromatic heterocycles. The number of amides is 1. The van der Waals surface area contributed by atoms with Crippen molar-refractivity contribution in [2.45, 2.75) is 25.3 Å². The first-order valence-electron chi connectivity index (χ1n) is 6.55. The van der Waals surface area contributed by atoms with Crippen LogP contribution in [0.2, 0.25) is 0 Å². The number of fused-ring (bicyclic) bond motifs is 1. The number of carbonyl (C=O) groups excluding carboxylic acids is 1. The Morgan fingerprint density at radius 1 is 1.29 bits per heavy atom. The molecule has 0 bridgehead atoms. The zero-order valence-electron chi connectivity index (χ0n) is 11.3. The van der Waals surface area contributed by atoms with Crippen molar-refractivity contribution in [3.05, 3.63) is 29.3 Å². The average Bonchev–Trinajstić information content (AvgIpc) is 2.86. The van der Waals surface area contributed by atoms with Gasteiger partial charge in [-0.3, -0.25) is 9.59 Å². The van der Waals surface area contributed by atoms with Gasteiger partial charge in [-0.05, 0) is 36.6 Å². The molecular weight excluding hydrogens is 276 g/mol. The summed E-state index contributed by atoms with van der Waals surface area (Å²) in [4.78, 5) is 35.2. The summed E-state index contributed by atoms with van der Waals surface area (Å²) in [6, 6.07) is 3.71. The summed E-state index contributed by atoms with van der Waals surface area (Å²) >= 11 is 0. The van der Waals surface area contributed by atoms with Gasteiger partial charge in [0.25, 0.3) is 0 Å². The van der Waals surface area contributed by atoms with E-state index in [0.29, 0.717) is 18.7 Å². The molecule has 1 aliphatic heterocycles. The number of carboxylic acid groups (broad SMARTS) is 2. The SMILES string of the molecule is NC(CCC(=O)O)C(=O)N1CCc2cc(C(=O)O)ccc21. The Morgan fingerprint density at radius 3 is 2.62 bits per heavy atom. The Bertz CT molecular complexity index is 599. The van der Waals surface area contributed by atoms with Crippen molar-refractivity contribution in [3.8, 4) is 0 Å². The van der Waals surface area contributed by atoms with Crippen molar-refractivity contribution in [2.24, 2.45) is 5.73 Å². The van der Waals surface area contributed by atoms with Crippen LogP contribution >= 0.6 is 0 Å². The van der Waals surface area contributed by atoms with Crippen LogP contribution in [0.4, 0.5) is 5.69 Å². The van der Waals surface area contributed by atoms with Crippen molar-refractivity contribution in [1.82, 2.24) is 0 Å². The molecule has 2 rings (SSSR count). The van der Waals surface area contributed by atoms with Crippen LogP contribution in [0.3, 0.4) is 0 Å². The van der Waals surface area contributed by atoms with E-state index in [9.17, 15) is 14.4 Å². The van der Waals surface area contributed by atoms with Gasteiger partial charge in [0, 0.05) is 18.7 Å². The first-order valence-corrected chi connectivity index (χ1v) is 6.55. The van der Waals surface area contributed by atoms with Gasteiger partial charge in [0.15, 0.2) is 0 Å². The van der Waals surface area contributed by atoms with Gasteiger partial charge in [0.1, 0.15) is 0 Å². The van der Waals surface area contributed by atoms with E-state index >= 15 is 0 Å². The number of rotatable bonds is 5. The number of nitrogens with two attached hydrogens (primary N) is 1. The summed E-state index contributed by atoms with van der Waals surface area (Å²) in [5.41, 5.74) is 7.35. The highest BCUT2D eigenvalue weighted by Gasteiger charge is 2.29. The lowest BCUT2D eigenvalue weighted by molar-refractivity contribution is -0.137. The molecule has 0 saturated heterocycles. The second kappa shape index (κ2) is 5.92. The Kier molecular flexibility index (Phi) is 4.23. The average molecular weight is 292 g/mol. The standard InChI is InChI=1S/C14H16N2O5/c15-10(2-4-12(17)18)13(19)16-6-5-8-7-9(14(20)21)1-3-11(8)16/h1,3,7,10H,2,4-6,15H2,(H,17,18)(H,20,21). The molecule has 0 spiro atoms. The normalized spacial score (nSPS) is 14.6. The van der Waals surface area contributed by atoms with E-state index in [1.165, 1.54) is 11.0 Å². The Labute approximate surface area is 121 Å². The summed E-state index contributed by atoms with van der Waals surface area (Å²) in [5.74, 6) is -2.34. The van der Waals surface area contributed by atoms with Crippen LogP contribution in [0.15, 0.2) is 18.2 Å².